The van der Waals surface area contributed by atoms with Gasteiger partial charge in [-0.25, -0.2) is 4.98 Å². The molecule has 0 saturated heterocycles. The highest BCUT2D eigenvalue weighted by Gasteiger charge is 2.02. The highest BCUT2D eigenvalue weighted by Crippen LogP contribution is 2.23. The molecule has 0 aliphatic heterocycles. The lowest BCUT2D eigenvalue weighted by Crippen LogP contribution is -2.26. The molecule has 31 heavy (non-hydrogen) atoms. The summed E-state index contributed by atoms with van der Waals surface area (Å²) in [6.07, 6.45) is 8.95. The molecule has 0 atom stereocenters. The third-order valence-electron chi connectivity index (χ3n) is 4.83. The zero-order valence-electron chi connectivity index (χ0n) is 18.5. The first-order chi connectivity index (χ1) is 14.3. The number of aromatic nitrogens is 1. The van der Waals surface area contributed by atoms with E-state index in [1.54, 1.807) is 11.3 Å². The number of fused-ring (bicyclic) bond motifs is 1. The van der Waals surface area contributed by atoms with Gasteiger partial charge in [0.05, 0.1) is 16.8 Å². The lowest BCUT2D eigenvalue weighted by atomic mass is 10.2. The van der Waals surface area contributed by atoms with Gasteiger partial charge in [-0.1, -0.05) is 44.2 Å². The van der Waals surface area contributed by atoms with Crippen molar-refractivity contribution in [3.05, 3.63) is 59.1 Å². The molecule has 2 aromatic carbocycles. The van der Waals surface area contributed by atoms with Crippen molar-refractivity contribution < 1.29 is 10.2 Å². The highest BCUT2D eigenvalue weighted by molar-refractivity contribution is 7.19. The molecule has 3 rings (SSSR count). The Kier molecular flexibility index (Phi) is 13.1. The van der Waals surface area contributed by atoms with Crippen molar-refractivity contribution in [2.24, 2.45) is 0 Å². The molecule has 0 radical (unpaired) electrons. The first-order valence-electron chi connectivity index (χ1n) is 10.8. The summed E-state index contributed by atoms with van der Waals surface area (Å²) in [5.74, 6) is 0.945. The molecule has 1 aromatic heterocycles. The van der Waals surface area contributed by atoms with Crippen LogP contribution in [0.4, 0.5) is 0 Å². The van der Waals surface area contributed by atoms with Gasteiger partial charge in [-0.15, -0.1) is 23.7 Å². The summed E-state index contributed by atoms with van der Waals surface area (Å²) in [7, 11) is 0. The molecule has 0 fully saturated rings. The predicted octanol–water partition coefficient (Wildman–Crippen LogP) is 6.34. The minimum Gasteiger partial charge on any atom is -0.494 e. The number of ether oxygens (including phenoxy) is 1. The van der Waals surface area contributed by atoms with Gasteiger partial charge in [-0.05, 0) is 81.2 Å². The van der Waals surface area contributed by atoms with Gasteiger partial charge in [0.15, 0.2) is 0 Å². The summed E-state index contributed by atoms with van der Waals surface area (Å²) < 4.78 is 7.14. The maximum Gasteiger partial charge on any atom is 0.119 e. The lowest BCUT2D eigenvalue weighted by molar-refractivity contribution is 0.250. The Balaban J connectivity index is 0.00000240. The van der Waals surface area contributed by atoms with E-state index in [1.165, 1.54) is 43.6 Å². The zero-order valence-corrected chi connectivity index (χ0v) is 20.2. The topological polar surface area (TPSA) is 56.9 Å². The fourth-order valence-electron chi connectivity index (χ4n) is 3.40. The number of thiazole rings is 1. The second-order valence-corrected chi connectivity index (χ2v) is 8.38. The van der Waals surface area contributed by atoms with Crippen LogP contribution in [0.25, 0.3) is 22.4 Å². The zero-order chi connectivity index (χ0) is 20.3. The largest absolute Gasteiger partial charge is 0.494 e. The SMILES string of the molecule is CCCN(CCC)CCCCOc1ccc(/C=C/c2nc3ccccc3s2)cc1.Cl.O. The Bertz CT molecular complexity index is 857. The van der Waals surface area contributed by atoms with Crippen molar-refractivity contribution in [3.8, 4) is 5.75 Å². The second-order valence-electron chi connectivity index (χ2n) is 7.32. The van der Waals surface area contributed by atoms with E-state index in [0.29, 0.717) is 0 Å². The van der Waals surface area contributed by atoms with Crippen LogP contribution in [0, 0.1) is 0 Å². The quantitative estimate of drug-likeness (QED) is 0.295. The van der Waals surface area contributed by atoms with E-state index in [0.717, 1.165) is 34.9 Å². The third kappa shape index (κ3) is 8.99. The molecule has 0 spiro atoms. The van der Waals surface area contributed by atoms with Gasteiger partial charge < -0.3 is 15.1 Å². The number of para-hydroxylation sites is 1. The molecule has 0 aliphatic carbocycles. The van der Waals surface area contributed by atoms with E-state index in [4.69, 9.17) is 4.74 Å². The highest BCUT2D eigenvalue weighted by atomic mass is 35.5. The summed E-state index contributed by atoms with van der Waals surface area (Å²) in [5, 5.41) is 1.03. The van der Waals surface area contributed by atoms with Crippen LogP contribution < -0.4 is 4.74 Å². The molecule has 3 aromatic rings. The number of benzene rings is 2. The molecule has 0 unspecified atom stereocenters. The normalized spacial score (nSPS) is 10.9. The van der Waals surface area contributed by atoms with E-state index in [1.807, 2.05) is 6.07 Å². The molecule has 0 saturated carbocycles. The molecular weight excluding hydrogens is 428 g/mol. The smallest absolute Gasteiger partial charge is 0.119 e. The van der Waals surface area contributed by atoms with E-state index in [-0.39, 0.29) is 17.9 Å². The van der Waals surface area contributed by atoms with Crippen molar-refractivity contribution in [3.63, 3.8) is 0 Å². The van der Waals surface area contributed by atoms with Crippen LogP contribution >= 0.6 is 23.7 Å². The fraction of sp³-hybridized carbons (Fsp3) is 0.400. The number of rotatable bonds is 12. The Labute approximate surface area is 196 Å². The van der Waals surface area contributed by atoms with Gasteiger partial charge in [0.2, 0.25) is 0 Å². The van der Waals surface area contributed by atoms with Crippen LogP contribution in [0.15, 0.2) is 48.5 Å². The minimum atomic E-state index is 0. The monoisotopic (exact) mass is 462 g/mol. The maximum absolute atomic E-state index is 5.91. The maximum atomic E-state index is 5.91. The summed E-state index contributed by atoms with van der Waals surface area (Å²) in [5.41, 5.74) is 2.22. The molecule has 6 heteroatoms. The summed E-state index contributed by atoms with van der Waals surface area (Å²) in [6.45, 7) is 8.89. The molecule has 0 aliphatic rings. The first-order valence-corrected chi connectivity index (χ1v) is 11.6. The van der Waals surface area contributed by atoms with E-state index < -0.39 is 0 Å². The van der Waals surface area contributed by atoms with E-state index >= 15 is 0 Å². The molecule has 1 heterocycles. The van der Waals surface area contributed by atoms with Crippen LogP contribution in [-0.2, 0) is 0 Å². The molecule has 0 bridgehead atoms. The summed E-state index contributed by atoms with van der Waals surface area (Å²) in [4.78, 5) is 7.20. The van der Waals surface area contributed by atoms with Crippen molar-refractivity contribution in [1.82, 2.24) is 9.88 Å². The van der Waals surface area contributed by atoms with Gasteiger partial charge in [0, 0.05) is 0 Å². The van der Waals surface area contributed by atoms with Crippen LogP contribution in [0.5, 0.6) is 5.75 Å². The second kappa shape index (κ2) is 15.0. The molecule has 4 nitrogen and oxygen atoms in total. The van der Waals surface area contributed by atoms with Crippen molar-refractivity contribution in [1.29, 1.82) is 0 Å². The Morgan fingerprint density at radius 1 is 0.903 bits per heavy atom. The average molecular weight is 463 g/mol. The molecule has 0 amide bonds. The molecule has 170 valence electrons. The van der Waals surface area contributed by atoms with Gasteiger partial charge in [0.25, 0.3) is 0 Å². The standard InChI is InChI=1S/C25H32N2OS.ClH.H2O/c1-3-17-27(18-4-2)19-7-8-20-28-22-14-11-21(12-15-22)13-16-25-26-23-9-5-6-10-24(23)29-25;;/h5-6,9-16H,3-4,7-8,17-20H2,1-2H3;1H;1H2/b16-13+;;. The van der Waals surface area contributed by atoms with Gasteiger partial charge in [-0.3, -0.25) is 0 Å². The van der Waals surface area contributed by atoms with Gasteiger partial charge in [-0.2, -0.15) is 0 Å². The van der Waals surface area contributed by atoms with Crippen molar-refractivity contribution in [2.45, 2.75) is 39.5 Å². The minimum absolute atomic E-state index is 0. The van der Waals surface area contributed by atoms with Gasteiger partial charge in [0.1, 0.15) is 10.8 Å². The van der Waals surface area contributed by atoms with Crippen molar-refractivity contribution in [2.75, 3.05) is 26.2 Å². The molecular formula is C25H35ClN2O2S. The van der Waals surface area contributed by atoms with E-state index in [2.05, 4.69) is 78.3 Å². The van der Waals surface area contributed by atoms with Crippen molar-refractivity contribution >= 4 is 46.1 Å². The first kappa shape index (κ1) is 27.1. The fourth-order valence-corrected chi connectivity index (χ4v) is 4.27. The number of halogens is 1. The lowest BCUT2D eigenvalue weighted by Gasteiger charge is -2.20. The Morgan fingerprint density at radius 3 is 2.29 bits per heavy atom. The van der Waals surface area contributed by atoms with Crippen LogP contribution in [0.1, 0.15) is 50.1 Å². The molecule has 2 N–H and O–H groups in total. The van der Waals surface area contributed by atoms with E-state index in [9.17, 15) is 0 Å². The number of hydrogen-bond donors (Lipinski definition) is 0. The summed E-state index contributed by atoms with van der Waals surface area (Å²) in [6, 6.07) is 16.6. The average Bonchev–Trinajstić information content (AvgIpc) is 3.16. The number of unbranched alkanes of at least 4 members (excludes halogenated alkanes) is 1. The Morgan fingerprint density at radius 2 is 1.61 bits per heavy atom. The number of nitrogens with zero attached hydrogens (tertiary/aromatic N) is 2. The predicted molar refractivity (Wildman–Crippen MR) is 138 cm³/mol. The third-order valence-corrected chi connectivity index (χ3v) is 5.83. The summed E-state index contributed by atoms with van der Waals surface area (Å²) >= 11 is 1.72. The van der Waals surface area contributed by atoms with Crippen LogP contribution in [0.2, 0.25) is 0 Å². The van der Waals surface area contributed by atoms with Crippen LogP contribution in [-0.4, -0.2) is 41.6 Å². The number of hydrogen-bond acceptors (Lipinski definition) is 4. The van der Waals surface area contributed by atoms with Crippen LogP contribution in [0.3, 0.4) is 0 Å². The Hall–Kier alpha value is -1.92. The van der Waals surface area contributed by atoms with Gasteiger partial charge >= 0.3 is 0 Å².